The van der Waals surface area contributed by atoms with E-state index in [-0.39, 0.29) is 22.9 Å². The van der Waals surface area contributed by atoms with Crippen molar-refractivity contribution in [2.45, 2.75) is 19.8 Å². The monoisotopic (exact) mass is 239 g/mol. The van der Waals surface area contributed by atoms with Crippen LogP contribution in [0.4, 0.5) is 5.69 Å². The minimum Gasteiger partial charge on any atom is -0.508 e. The van der Waals surface area contributed by atoms with Crippen LogP contribution in [0.1, 0.15) is 25.3 Å². The van der Waals surface area contributed by atoms with Gasteiger partial charge in [-0.2, -0.15) is 0 Å². The molecule has 92 valence electrons. The van der Waals surface area contributed by atoms with E-state index < -0.39 is 16.8 Å². The lowest BCUT2D eigenvalue weighted by molar-refractivity contribution is -0.385. The Balaban J connectivity index is 3.40. The fourth-order valence-corrected chi connectivity index (χ4v) is 1.73. The fraction of sp³-hybridized carbons (Fsp3) is 0.364. The molecule has 0 saturated carbocycles. The molecule has 0 aliphatic heterocycles. The molecule has 0 saturated heterocycles. The summed E-state index contributed by atoms with van der Waals surface area (Å²) in [6.45, 7) is 3.32. The summed E-state index contributed by atoms with van der Waals surface area (Å²) in [5, 5.41) is 29.2. The van der Waals surface area contributed by atoms with Crippen LogP contribution in [0.5, 0.6) is 5.75 Å². The van der Waals surface area contributed by atoms with Gasteiger partial charge in [0.15, 0.2) is 0 Å². The van der Waals surface area contributed by atoms with Crippen molar-refractivity contribution in [2.24, 2.45) is 5.92 Å². The van der Waals surface area contributed by atoms with Gasteiger partial charge >= 0.3 is 5.97 Å². The molecule has 0 aromatic heterocycles. The minimum absolute atomic E-state index is 0.0255. The highest BCUT2D eigenvalue weighted by molar-refractivity contribution is 5.78. The van der Waals surface area contributed by atoms with Crippen LogP contribution in [0.25, 0.3) is 0 Å². The van der Waals surface area contributed by atoms with Crippen molar-refractivity contribution in [3.8, 4) is 5.75 Å². The summed E-state index contributed by atoms with van der Waals surface area (Å²) in [6.07, 6.45) is 0. The number of aromatic hydroxyl groups is 1. The summed E-state index contributed by atoms with van der Waals surface area (Å²) < 4.78 is 0. The molecule has 6 heteroatoms. The highest BCUT2D eigenvalue weighted by atomic mass is 16.6. The first-order chi connectivity index (χ1) is 7.84. The molecule has 1 atom stereocenters. The second kappa shape index (κ2) is 4.82. The van der Waals surface area contributed by atoms with Crippen LogP contribution in [-0.4, -0.2) is 21.1 Å². The van der Waals surface area contributed by atoms with Gasteiger partial charge in [0, 0.05) is 11.6 Å². The van der Waals surface area contributed by atoms with E-state index in [1.165, 1.54) is 6.07 Å². The van der Waals surface area contributed by atoms with E-state index in [1.807, 2.05) is 0 Å². The highest BCUT2D eigenvalue weighted by Gasteiger charge is 2.30. The van der Waals surface area contributed by atoms with E-state index in [1.54, 1.807) is 13.8 Å². The molecule has 17 heavy (non-hydrogen) atoms. The van der Waals surface area contributed by atoms with Gasteiger partial charge in [-0.1, -0.05) is 13.8 Å². The van der Waals surface area contributed by atoms with Gasteiger partial charge in [0.05, 0.1) is 10.8 Å². The van der Waals surface area contributed by atoms with E-state index in [4.69, 9.17) is 5.11 Å². The number of nitro groups is 1. The van der Waals surface area contributed by atoms with Gasteiger partial charge in [-0.3, -0.25) is 14.9 Å². The molecular weight excluding hydrogens is 226 g/mol. The molecule has 0 aliphatic rings. The molecule has 0 spiro atoms. The average molecular weight is 239 g/mol. The smallest absolute Gasteiger partial charge is 0.311 e. The highest BCUT2D eigenvalue weighted by Crippen LogP contribution is 2.34. The third-order valence-electron chi connectivity index (χ3n) is 2.48. The number of rotatable bonds is 4. The standard InChI is InChI=1S/C11H13NO5/c1-6(2)10(11(14)15)8-5-7(13)3-4-9(8)12(16)17/h3-6,10,13H,1-2H3,(H,14,15). The predicted octanol–water partition coefficient (Wildman–Crippen LogP) is 2.12. The summed E-state index contributed by atoms with van der Waals surface area (Å²) in [4.78, 5) is 21.3. The van der Waals surface area contributed by atoms with Crippen LogP contribution >= 0.6 is 0 Å². The number of phenolic OH excluding ortho intramolecular Hbond substituents is 1. The summed E-state index contributed by atoms with van der Waals surface area (Å²) >= 11 is 0. The summed E-state index contributed by atoms with van der Waals surface area (Å²) in [5.41, 5.74) is -0.263. The first-order valence-electron chi connectivity index (χ1n) is 5.04. The Morgan fingerprint density at radius 2 is 2.00 bits per heavy atom. The molecule has 1 unspecified atom stereocenters. The summed E-state index contributed by atoms with van der Waals surface area (Å²) in [5.74, 6) is -2.65. The molecule has 0 aliphatic carbocycles. The van der Waals surface area contributed by atoms with E-state index in [9.17, 15) is 20.0 Å². The zero-order chi connectivity index (χ0) is 13.2. The van der Waals surface area contributed by atoms with Crippen LogP contribution in [0.15, 0.2) is 18.2 Å². The number of carboxylic acid groups (broad SMARTS) is 1. The van der Waals surface area contributed by atoms with Gasteiger partial charge in [0.25, 0.3) is 5.69 Å². The normalized spacial score (nSPS) is 12.4. The molecule has 0 heterocycles. The maximum atomic E-state index is 11.1. The van der Waals surface area contributed by atoms with Crippen molar-refractivity contribution < 1.29 is 19.9 Å². The molecule has 0 amide bonds. The Kier molecular flexibility index (Phi) is 3.67. The Morgan fingerprint density at radius 3 is 2.41 bits per heavy atom. The van der Waals surface area contributed by atoms with Crippen molar-refractivity contribution in [2.75, 3.05) is 0 Å². The van der Waals surface area contributed by atoms with Crippen molar-refractivity contribution >= 4 is 11.7 Å². The lowest BCUT2D eigenvalue weighted by Gasteiger charge is -2.16. The Bertz CT molecular complexity index is 455. The van der Waals surface area contributed by atoms with Gasteiger partial charge in [0.2, 0.25) is 0 Å². The molecule has 0 fully saturated rings. The topological polar surface area (TPSA) is 101 Å². The lowest BCUT2D eigenvalue weighted by Crippen LogP contribution is -2.18. The number of hydrogen-bond acceptors (Lipinski definition) is 4. The molecule has 1 rings (SSSR count). The van der Waals surface area contributed by atoms with Crippen molar-refractivity contribution in [3.63, 3.8) is 0 Å². The van der Waals surface area contributed by atoms with Crippen LogP contribution in [0.3, 0.4) is 0 Å². The van der Waals surface area contributed by atoms with Gasteiger partial charge in [-0.25, -0.2) is 0 Å². The molecule has 0 radical (unpaired) electrons. The maximum absolute atomic E-state index is 11.1. The maximum Gasteiger partial charge on any atom is 0.311 e. The SMILES string of the molecule is CC(C)C(C(=O)O)c1cc(O)ccc1[N+](=O)[O-]. The quantitative estimate of drug-likeness (QED) is 0.619. The van der Waals surface area contributed by atoms with Crippen LogP contribution < -0.4 is 0 Å². The third kappa shape index (κ3) is 2.72. The Hall–Kier alpha value is -2.11. The molecule has 1 aromatic carbocycles. The van der Waals surface area contributed by atoms with Gasteiger partial charge in [-0.15, -0.1) is 0 Å². The first-order valence-corrected chi connectivity index (χ1v) is 5.04. The molecule has 1 aromatic rings. The minimum atomic E-state index is -1.14. The lowest BCUT2D eigenvalue weighted by atomic mass is 9.87. The van der Waals surface area contributed by atoms with Crippen molar-refractivity contribution in [1.82, 2.24) is 0 Å². The zero-order valence-electron chi connectivity index (χ0n) is 9.45. The number of nitro benzene ring substituents is 1. The second-order valence-electron chi connectivity index (χ2n) is 4.06. The molecule has 6 nitrogen and oxygen atoms in total. The summed E-state index contributed by atoms with van der Waals surface area (Å²) in [7, 11) is 0. The van der Waals surface area contributed by atoms with Crippen LogP contribution in [0, 0.1) is 16.0 Å². The number of benzene rings is 1. The Labute approximate surface area is 97.7 Å². The van der Waals surface area contributed by atoms with Crippen LogP contribution in [-0.2, 0) is 4.79 Å². The molecule has 2 N–H and O–H groups in total. The molecule has 0 bridgehead atoms. The van der Waals surface area contributed by atoms with E-state index in [2.05, 4.69) is 0 Å². The number of hydrogen-bond donors (Lipinski definition) is 2. The van der Waals surface area contributed by atoms with E-state index in [0.29, 0.717) is 0 Å². The van der Waals surface area contributed by atoms with E-state index in [0.717, 1.165) is 12.1 Å². The first kappa shape index (κ1) is 13.0. The number of aliphatic carboxylic acids is 1. The van der Waals surface area contributed by atoms with Crippen molar-refractivity contribution in [1.29, 1.82) is 0 Å². The van der Waals surface area contributed by atoms with Gasteiger partial charge in [0.1, 0.15) is 5.75 Å². The molecular formula is C11H13NO5. The number of phenols is 1. The van der Waals surface area contributed by atoms with Gasteiger partial charge in [-0.05, 0) is 18.1 Å². The third-order valence-corrected chi connectivity index (χ3v) is 2.48. The fourth-order valence-electron chi connectivity index (χ4n) is 1.73. The van der Waals surface area contributed by atoms with Gasteiger partial charge < -0.3 is 10.2 Å². The average Bonchev–Trinajstić information content (AvgIpc) is 2.15. The van der Waals surface area contributed by atoms with Crippen molar-refractivity contribution in [3.05, 3.63) is 33.9 Å². The predicted molar refractivity (Wildman–Crippen MR) is 60.0 cm³/mol. The van der Waals surface area contributed by atoms with Crippen LogP contribution in [0.2, 0.25) is 0 Å². The largest absolute Gasteiger partial charge is 0.508 e. The second-order valence-corrected chi connectivity index (χ2v) is 4.06. The van der Waals surface area contributed by atoms with E-state index >= 15 is 0 Å². The number of carbonyl (C=O) groups is 1. The number of carboxylic acids is 1. The number of nitrogens with zero attached hydrogens (tertiary/aromatic N) is 1. The zero-order valence-corrected chi connectivity index (χ0v) is 9.45. The Morgan fingerprint density at radius 1 is 1.41 bits per heavy atom. The summed E-state index contributed by atoms with van der Waals surface area (Å²) in [6, 6.07) is 3.42.